The Morgan fingerprint density at radius 3 is 2.29 bits per heavy atom. The van der Waals surface area contributed by atoms with Crippen LogP contribution in [0.3, 0.4) is 0 Å². The van der Waals surface area contributed by atoms with Crippen LogP contribution in [-0.2, 0) is 0 Å². The first-order valence-electron chi connectivity index (χ1n) is 5.01. The van der Waals surface area contributed by atoms with E-state index in [1.165, 1.54) is 6.92 Å². The summed E-state index contributed by atoms with van der Waals surface area (Å²) in [5, 5.41) is 27.6. The molecule has 0 saturated carbocycles. The van der Waals surface area contributed by atoms with Crippen molar-refractivity contribution in [3.8, 4) is 0 Å². The molecule has 84 valence electrons. The minimum absolute atomic E-state index is 0.137. The highest BCUT2D eigenvalue weighted by atomic mass is 16.5. The summed E-state index contributed by atoms with van der Waals surface area (Å²) >= 11 is 0. The monoisotopic (exact) mass is 202 g/mol. The molecule has 2 atom stereocenters. The molecule has 0 aliphatic heterocycles. The maximum Gasteiger partial charge on any atom is 0.181 e. The lowest BCUT2D eigenvalue weighted by Crippen LogP contribution is -2.44. The SMILES string of the molecule is C=C(C)CCCC(C)C(C)(O)C(O)O. The Kier molecular flexibility index (Phi) is 5.34. The molecule has 0 amide bonds. The second kappa shape index (κ2) is 5.49. The van der Waals surface area contributed by atoms with Gasteiger partial charge in [0.05, 0.1) is 0 Å². The summed E-state index contributed by atoms with van der Waals surface area (Å²) in [6.07, 6.45) is 0.918. The molecule has 14 heavy (non-hydrogen) atoms. The molecule has 0 saturated heterocycles. The van der Waals surface area contributed by atoms with Crippen LogP contribution in [0.2, 0.25) is 0 Å². The molecule has 0 radical (unpaired) electrons. The number of aliphatic hydroxyl groups is 3. The lowest BCUT2D eigenvalue weighted by atomic mass is 9.86. The number of hydrogen-bond donors (Lipinski definition) is 3. The fourth-order valence-corrected chi connectivity index (χ4v) is 1.26. The molecule has 0 fully saturated rings. The van der Waals surface area contributed by atoms with E-state index in [9.17, 15) is 5.11 Å². The normalized spacial score (nSPS) is 17.9. The Labute approximate surface area is 86.1 Å². The number of rotatable bonds is 6. The van der Waals surface area contributed by atoms with E-state index in [0.717, 1.165) is 24.8 Å². The Hall–Kier alpha value is -0.380. The minimum atomic E-state index is -1.68. The van der Waals surface area contributed by atoms with E-state index in [-0.39, 0.29) is 5.92 Å². The van der Waals surface area contributed by atoms with Crippen LogP contribution in [0, 0.1) is 5.92 Å². The van der Waals surface area contributed by atoms with Crippen LogP contribution in [0.15, 0.2) is 12.2 Å². The average Bonchev–Trinajstić information content (AvgIpc) is 2.02. The summed E-state index contributed by atoms with van der Waals surface area (Å²) in [7, 11) is 0. The number of hydrogen-bond acceptors (Lipinski definition) is 3. The largest absolute Gasteiger partial charge is 0.385 e. The first kappa shape index (κ1) is 13.6. The van der Waals surface area contributed by atoms with Crippen molar-refractivity contribution in [1.29, 1.82) is 0 Å². The highest BCUT2D eigenvalue weighted by Crippen LogP contribution is 2.25. The molecule has 2 unspecified atom stereocenters. The average molecular weight is 202 g/mol. The molecule has 0 aliphatic rings. The van der Waals surface area contributed by atoms with Gasteiger partial charge in [-0.2, -0.15) is 0 Å². The van der Waals surface area contributed by atoms with E-state index >= 15 is 0 Å². The number of aliphatic hydroxyl groups excluding tert-OH is 1. The molecule has 0 spiro atoms. The van der Waals surface area contributed by atoms with Gasteiger partial charge in [-0.3, -0.25) is 0 Å². The summed E-state index contributed by atoms with van der Waals surface area (Å²) in [5.41, 5.74) is -0.309. The Morgan fingerprint density at radius 2 is 1.93 bits per heavy atom. The molecule has 3 N–H and O–H groups in total. The van der Waals surface area contributed by atoms with Crippen LogP contribution >= 0.6 is 0 Å². The maximum atomic E-state index is 9.70. The fourth-order valence-electron chi connectivity index (χ4n) is 1.26. The van der Waals surface area contributed by atoms with Gasteiger partial charge in [0.1, 0.15) is 5.60 Å². The zero-order valence-corrected chi connectivity index (χ0v) is 9.32. The molecule has 0 rings (SSSR count). The van der Waals surface area contributed by atoms with Crippen LogP contribution in [0.1, 0.15) is 40.0 Å². The van der Waals surface area contributed by atoms with Crippen molar-refractivity contribution >= 4 is 0 Å². The van der Waals surface area contributed by atoms with Crippen molar-refractivity contribution in [2.24, 2.45) is 5.92 Å². The molecule has 0 bridgehead atoms. The molecule has 0 aromatic heterocycles. The molecule has 0 aliphatic carbocycles. The second-order valence-corrected chi connectivity index (χ2v) is 4.35. The first-order valence-corrected chi connectivity index (χ1v) is 5.01. The summed E-state index contributed by atoms with van der Waals surface area (Å²) in [6.45, 7) is 9.01. The maximum absolute atomic E-state index is 9.70. The molecule has 3 heteroatoms. The van der Waals surface area contributed by atoms with Gasteiger partial charge in [0.15, 0.2) is 6.29 Å². The van der Waals surface area contributed by atoms with Crippen LogP contribution in [0.25, 0.3) is 0 Å². The van der Waals surface area contributed by atoms with Gasteiger partial charge < -0.3 is 15.3 Å². The predicted molar refractivity (Wildman–Crippen MR) is 56.7 cm³/mol. The van der Waals surface area contributed by atoms with Crippen molar-refractivity contribution in [2.75, 3.05) is 0 Å². The van der Waals surface area contributed by atoms with Crippen LogP contribution in [-0.4, -0.2) is 27.2 Å². The summed E-state index contributed by atoms with van der Waals surface area (Å²) in [5.74, 6) is -0.137. The third-order valence-electron chi connectivity index (χ3n) is 2.76. The van der Waals surface area contributed by atoms with Crippen molar-refractivity contribution in [1.82, 2.24) is 0 Å². The zero-order chi connectivity index (χ0) is 11.4. The second-order valence-electron chi connectivity index (χ2n) is 4.35. The summed E-state index contributed by atoms with van der Waals surface area (Å²) < 4.78 is 0. The standard InChI is InChI=1S/C11H22O3/c1-8(2)6-5-7-9(3)11(4,14)10(12)13/h9-10,12-14H,1,5-7H2,2-4H3. The topological polar surface area (TPSA) is 60.7 Å². The number of allylic oxidation sites excluding steroid dienone is 1. The third-order valence-corrected chi connectivity index (χ3v) is 2.76. The van der Waals surface area contributed by atoms with E-state index in [0.29, 0.717) is 0 Å². The molecular formula is C11H22O3. The van der Waals surface area contributed by atoms with Crippen LogP contribution in [0.5, 0.6) is 0 Å². The van der Waals surface area contributed by atoms with Crippen LogP contribution < -0.4 is 0 Å². The highest BCUT2D eigenvalue weighted by Gasteiger charge is 2.34. The predicted octanol–water partition coefficient (Wildman–Crippen LogP) is 1.43. The van der Waals surface area contributed by atoms with Gasteiger partial charge in [-0.1, -0.05) is 12.5 Å². The Bertz CT molecular complexity index is 185. The van der Waals surface area contributed by atoms with Crippen molar-refractivity contribution in [3.05, 3.63) is 12.2 Å². The highest BCUT2D eigenvalue weighted by molar-refractivity contribution is 4.88. The van der Waals surface area contributed by atoms with E-state index in [2.05, 4.69) is 6.58 Å². The molecule has 3 nitrogen and oxygen atoms in total. The van der Waals surface area contributed by atoms with Gasteiger partial charge in [0.25, 0.3) is 0 Å². The van der Waals surface area contributed by atoms with E-state index in [1.54, 1.807) is 0 Å². The zero-order valence-electron chi connectivity index (χ0n) is 9.32. The lowest BCUT2D eigenvalue weighted by molar-refractivity contribution is -0.197. The lowest BCUT2D eigenvalue weighted by Gasteiger charge is -2.31. The third kappa shape index (κ3) is 4.22. The van der Waals surface area contributed by atoms with Crippen LogP contribution in [0.4, 0.5) is 0 Å². The van der Waals surface area contributed by atoms with Crippen molar-refractivity contribution < 1.29 is 15.3 Å². The van der Waals surface area contributed by atoms with Crippen molar-refractivity contribution in [3.63, 3.8) is 0 Å². The quantitative estimate of drug-likeness (QED) is 0.451. The van der Waals surface area contributed by atoms with Gasteiger partial charge in [-0.25, -0.2) is 0 Å². The smallest absolute Gasteiger partial charge is 0.181 e. The van der Waals surface area contributed by atoms with E-state index < -0.39 is 11.9 Å². The van der Waals surface area contributed by atoms with Gasteiger partial charge in [0.2, 0.25) is 0 Å². The Morgan fingerprint density at radius 1 is 1.43 bits per heavy atom. The van der Waals surface area contributed by atoms with E-state index in [4.69, 9.17) is 10.2 Å². The molecule has 0 aromatic rings. The molecule has 0 heterocycles. The van der Waals surface area contributed by atoms with E-state index in [1.807, 2.05) is 13.8 Å². The van der Waals surface area contributed by atoms with Gasteiger partial charge >= 0.3 is 0 Å². The minimum Gasteiger partial charge on any atom is -0.385 e. The van der Waals surface area contributed by atoms with Gasteiger partial charge in [-0.15, -0.1) is 6.58 Å². The molecular weight excluding hydrogens is 180 g/mol. The van der Waals surface area contributed by atoms with Crippen molar-refractivity contribution in [2.45, 2.75) is 51.9 Å². The Balaban J connectivity index is 3.95. The fraction of sp³-hybridized carbons (Fsp3) is 0.818. The van der Waals surface area contributed by atoms with Gasteiger partial charge in [0, 0.05) is 0 Å². The van der Waals surface area contributed by atoms with Gasteiger partial charge in [-0.05, 0) is 39.0 Å². The summed E-state index contributed by atoms with van der Waals surface area (Å²) in [4.78, 5) is 0. The summed E-state index contributed by atoms with van der Waals surface area (Å²) in [6, 6.07) is 0. The molecule has 0 aromatic carbocycles. The first-order chi connectivity index (χ1) is 6.28.